The van der Waals surface area contributed by atoms with E-state index in [9.17, 15) is 14.7 Å². The summed E-state index contributed by atoms with van der Waals surface area (Å²) in [6, 6.07) is 0. The van der Waals surface area contributed by atoms with Crippen LogP contribution in [0.1, 0.15) is 187 Å². The Morgan fingerprint density at radius 1 is 0.535 bits per heavy atom. The van der Waals surface area contributed by atoms with E-state index in [1.165, 1.54) is 116 Å². The highest BCUT2D eigenvalue weighted by molar-refractivity contribution is 5.70. The summed E-state index contributed by atoms with van der Waals surface area (Å²) >= 11 is 0. The molecule has 5 heteroatoms. The number of hydrogen-bond acceptors (Lipinski definition) is 5. The largest absolute Gasteiger partial charge is 0.462 e. The van der Waals surface area contributed by atoms with Gasteiger partial charge in [0.15, 0.2) is 6.10 Å². The zero-order valence-corrected chi connectivity index (χ0v) is 28.5. The van der Waals surface area contributed by atoms with E-state index in [0.717, 1.165) is 44.9 Å². The maximum absolute atomic E-state index is 12.1. The highest BCUT2D eigenvalue weighted by atomic mass is 16.6. The zero-order valence-electron chi connectivity index (χ0n) is 28.5. The number of aliphatic hydroxyl groups is 1. The molecule has 0 saturated heterocycles. The molecule has 0 aliphatic heterocycles. The van der Waals surface area contributed by atoms with Gasteiger partial charge in [0, 0.05) is 12.8 Å². The van der Waals surface area contributed by atoms with Gasteiger partial charge in [0.2, 0.25) is 0 Å². The standard InChI is InChI=1S/C38H70O5/c1-3-5-7-9-11-13-15-17-18-19-20-21-23-24-26-28-30-32-37(40)42-35-36(34-39)43-38(41)33-31-29-27-25-22-16-14-12-10-8-6-4-2/h11,13,17-18,36,39H,3-10,12,14-16,19-35H2,1-2H3. The Balaban J connectivity index is 3.56. The van der Waals surface area contributed by atoms with Gasteiger partial charge < -0.3 is 14.6 Å². The van der Waals surface area contributed by atoms with Crippen molar-refractivity contribution in [1.29, 1.82) is 0 Å². The van der Waals surface area contributed by atoms with Crippen LogP contribution in [-0.2, 0) is 19.1 Å². The molecule has 0 aromatic heterocycles. The molecule has 1 atom stereocenters. The fraction of sp³-hybridized carbons (Fsp3) is 0.842. The summed E-state index contributed by atoms with van der Waals surface area (Å²) in [6.45, 7) is 4.10. The quantitative estimate of drug-likeness (QED) is 0.0457. The van der Waals surface area contributed by atoms with E-state index in [1.807, 2.05) is 0 Å². The minimum atomic E-state index is -0.768. The van der Waals surface area contributed by atoms with Gasteiger partial charge in [0.05, 0.1) is 6.61 Å². The van der Waals surface area contributed by atoms with E-state index in [-0.39, 0.29) is 25.2 Å². The van der Waals surface area contributed by atoms with Crippen LogP contribution in [0.15, 0.2) is 24.3 Å². The molecule has 0 spiro atoms. The van der Waals surface area contributed by atoms with Crippen molar-refractivity contribution in [3.8, 4) is 0 Å². The third-order valence-electron chi connectivity index (χ3n) is 8.00. The summed E-state index contributed by atoms with van der Waals surface area (Å²) < 4.78 is 10.6. The Bertz CT molecular complexity index is 657. The number of unbranched alkanes of at least 4 members (excludes halogenated alkanes) is 21. The van der Waals surface area contributed by atoms with Crippen molar-refractivity contribution >= 4 is 11.9 Å². The van der Waals surface area contributed by atoms with Crippen molar-refractivity contribution in [3.63, 3.8) is 0 Å². The first-order valence-electron chi connectivity index (χ1n) is 18.4. The van der Waals surface area contributed by atoms with E-state index in [0.29, 0.717) is 12.8 Å². The zero-order chi connectivity index (χ0) is 31.5. The van der Waals surface area contributed by atoms with Crippen LogP contribution in [0.5, 0.6) is 0 Å². The lowest BCUT2D eigenvalue weighted by Gasteiger charge is -2.15. The summed E-state index contributed by atoms with van der Waals surface area (Å²) in [5, 5.41) is 9.52. The maximum Gasteiger partial charge on any atom is 0.306 e. The molecule has 1 N–H and O–H groups in total. The van der Waals surface area contributed by atoms with Crippen molar-refractivity contribution in [3.05, 3.63) is 24.3 Å². The van der Waals surface area contributed by atoms with Gasteiger partial charge in [-0.1, -0.05) is 154 Å². The number of hydrogen-bond donors (Lipinski definition) is 1. The molecule has 252 valence electrons. The number of carbonyl (C=O) groups excluding carboxylic acids is 2. The van der Waals surface area contributed by atoms with Crippen molar-refractivity contribution in [1.82, 2.24) is 0 Å². The summed E-state index contributed by atoms with van der Waals surface area (Å²) in [6.07, 6.45) is 39.4. The molecule has 0 aromatic rings. The molecule has 0 amide bonds. The summed E-state index contributed by atoms with van der Waals surface area (Å²) in [5.74, 6) is -0.596. The first-order chi connectivity index (χ1) is 21.1. The summed E-state index contributed by atoms with van der Waals surface area (Å²) in [7, 11) is 0. The van der Waals surface area contributed by atoms with E-state index < -0.39 is 6.10 Å². The third-order valence-corrected chi connectivity index (χ3v) is 8.00. The normalized spacial score (nSPS) is 12.3. The van der Waals surface area contributed by atoms with Crippen molar-refractivity contribution in [2.45, 2.75) is 193 Å². The monoisotopic (exact) mass is 607 g/mol. The number of rotatable bonds is 33. The predicted octanol–water partition coefficient (Wildman–Crippen LogP) is 11.1. The van der Waals surface area contributed by atoms with Crippen molar-refractivity contribution < 1.29 is 24.2 Å². The second kappa shape index (κ2) is 34.9. The van der Waals surface area contributed by atoms with Gasteiger partial charge in [-0.25, -0.2) is 0 Å². The molecule has 0 bridgehead atoms. The molecule has 0 fully saturated rings. The number of aliphatic hydroxyl groups excluding tert-OH is 1. The van der Waals surface area contributed by atoms with E-state index in [4.69, 9.17) is 9.47 Å². The van der Waals surface area contributed by atoms with Gasteiger partial charge in [0.1, 0.15) is 6.61 Å². The molecule has 0 saturated carbocycles. The van der Waals surface area contributed by atoms with Crippen LogP contribution < -0.4 is 0 Å². The van der Waals surface area contributed by atoms with Crippen molar-refractivity contribution in [2.75, 3.05) is 13.2 Å². The molecule has 43 heavy (non-hydrogen) atoms. The third kappa shape index (κ3) is 33.1. The lowest BCUT2D eigenvalue weighted by Crippen LogP contribution is -2.28. The van der Waals surface area contributed by atoms with Crippen LogP contribution >= 0.6 is 0 Å². The van der Waals surface area contributed by atoms with E-state index in [1.54, 1.807) is 0 Å². The number of ether oxygens (including phenoxy) is 2. The van der Waals surface area contributed by atoms with Crippen LogP contribution in [0.3, 0.4) is 0 Å². The number of allylic oxidation sites excluding steroid dienone is 4. The molecule has 0 aromatic carbocycles. The Hall–Kier alpha value is -1.62. The lowest BCUT2D eigenvalue weighted by atomic mass is 10.0. The van der Waals surface area contributed by atoms with Gasteiger partial charge in [-0.3, -0.25) is 9.59 Å². The van der Waals surface area contributed by atoms with Gasteiger partial charge in [0.25, 0.3) is 0 Å². The smallest absolute Gasteiger partial charge is 0.306 e. The molecule has 1 unspecified atom stereocenters. The molecule has 0 aliphatic rings. The molecular formula is C38H70O5. The topological polar surface area (TPSA) is 72.8 Å². The first-order valence-corrected chi connectivity index (χ1v) is 18.4. The van der Waals surface area contributed by atoms with Crippen LogP contribution in [0.2, 0.25) is 0 Å². The van der Waals surface area contributed by atoms with Gasteiger partial charge in [-0.15, -0.1) is 0 Å². The van der Waals surface area contributed by atoms with Crippen LogP contribution in [0, 0.1) is 0 Å². The average molecular weight is 607 g/mol. The maximum atomic E-state index is 12.1. The highest BCUT2D eigenvalue weighted by Gasteiger charge is 2.16. The molecule has 5 nitrogen and oxygen atoms in total. The molecule has 0 rings (SSSR count). The fourth-order valence-corrected chi connectivity index (χ4v) is 5.17. The van der Waals surface area contributed by atoms with Crippen molar-refractivity contribution in [2.24, 2.45) is 0 Å². The Morgan fingerprint density at radius 3 is 1.42 bits per heavy atom. The Kier molecular flexibility index (Phi) is 33.6. The Labute approximate surface area is 266 Å². The second-order valence-corrected chi connectivity index (χ2v) is 12.3. The van der Waals surface area contributed by atoms with Crippen LogP contribution in [0.4, 0.5) is 0 Å². The first kappa shape index (κ1) is 41.4. The van der Waals surface area contributed by atoms with E-state index in [2.05, 4.69) is 38.2 Å². The van der Waals surface area contributed by atoms with Gasteiger partial charge in [-0.05, 0) is 44.9 Å². The molecular weight excluding hydrogens is 536 g/mol. The van der Waals surface area contributed by atoms with Crippen LogP contribution in [-0.4, -0.2) is 36.4 Å². The summed E-state index contributed by atoms with van der Waals surface area (Å²) in [5.41, 5.74) is 0. The molecule has 0 radical (unpaired) electrons. The van der Waals surface area contributed by atoms with Gasteiger partial charge >= 0.3 is 11.9 Å². The number of carbonyl (C=O) groups is 2. The molecule has 0 aliphatic carbocycles. The SMILES string of the molecule is CCCCCC=CCC=CCCCCCCCCCC(=O)OCC(CO)OC(=O)CCCCCCCCCCCCCC. The average Bonchev–Trinajstić information content (AvgIpc) is 3.01. The second-order valence-electron chi connectivity index (χ2n) is 12.3. The van der Waals surface area contributed by atoms with Gasteiger partial charge in [-0.2, -0.15) is 0 Å². The highest BCUT2D eigenvalue weighted by Crippen LogP contribution is 2.14. The summed E-state index contributed by atoms with van der Waals surface area (Å²) in [4.78, 5) is 24.2. The predicted molar refractivity (Wildman–Crippen MR) is 182 cm³/mol. The lowest BCUT2D eigenvalue weighted by molar-refractivity contribution is -0.161. The minimum absolute atomic E-state index is 0.0663. The van der Waals surface area contributed by atoms with Crippen LogP contribution in [0.25, 0.3) is 0 Å². The fourth-order valence-electron chi connectivity index (χ4n) is 5.17. The minimum Gasteiger partial charge on any atom is -0.462 e. The molecule has 0 heterocycles. The Morgan fingerprint density at radius 2 is 0.930 bits per heavy atom. The number of esters is 2. The van der Waals surface area contributed by atoms with E-state index >= 15 is 0 Å².